The van der Waals surface area contributed by atoms with Crippen LogP contribution in [0.1, 0.15) is 20.7 Å². The maximum absolute atomic E-state index is 11.3. The Labute approximate surface area is 223 Å². The molecule has 0 aliphatic heterocycles. The molecule has 0 saturated carbocycles. The van der Waals surface area contributed by atoms with Crippen LogP contribution in [-0.4, -0.2) is 45.8 Å². The summed E-state index contributed by atoms with van der Waals surface area (Å²) in [5.41, 5.74) is -0.374. The van der Waals surface area contributed by atoms with Gasteiger partial charge in [-0.25, -0.2) is 9.59 Å². The summed E-state index contributed by atoms with van der Waals surface area (Å²) in [6.07, 6.45) is 0. The minimum atomic E-state index is -4.55. The molecule has 9 heteroatoms. The molecule has 0 radical (unpaired) electrons. The molecular formula is C29H29O7PS. The number of carbonyl (C=O) groups excluding carboxylic acids is 2. The molecule has 7 nitrogen and oxygen atoms in total. The molecule has 38 heavy (non-hydrogen) atoms. The third kappa shape index (κ3) is 6.72. The molecule has 0 spiro atoms. The minimum absolute atomic E-state index is 0.187. The van der Waals surface area contributed by atoms with Crippen LogP contribution in [0.4, 0.5) is 0 Å². The predicted molar refractivity (Wildman–Crippen MR) is 151 cm³/mol. The Kier molecular flexibility index (Phi) is 9.53. The molecule has 0 heterocycles. The van der Waals surface area contributed by atoms with Crippen LogP contribution in [0.2, 0.25) is 0 Å². The van der Waals surface area contributed by atoms with Crippen LogP contribution in [0, 0.1) is 0 Å². The van der Waals surface area contributed by atoms with Gasteiger partial charge in [0.05, 0.1) is 30.2 Å². The van der Waals surface area contributed by atoms with Crippen LogP contribution in [-0.2, 0) is 19.6 Å². The number of benzene rings is 4. The first-order valence-corrected chi connectivity index (χ1v) is 15.5. The topological polar surface area (TPSA) is 107 Å². The molecule has 4 aromatic carbocycles. The Morgan fingerprint density at radius 3 is 1.21 bits per heavy atom. The summed E-state index contributed by atoms with van der Waals surface area (Å²) in [6, 6.07) is 35.7. The van der Waals surface area contributed by atoms with Crippen molar-refractivity contribution in [1.29, 1.82) is 0 Å². The van der Waals surface area contributed by atoms with Gasteiger partial charge in [-0.15, -0.1) is 0 Å². The fourth-order valence-electron chi connectivity index (χ4n) is 4.03. The first kappa shape index (κ1) is 28.7. The summed E-state index contributed by atoms with van der Waals surface area (Å²) in [6.45, 7) is 2.44. The Balaban J connectivity index is 0.000000212. The van der Waals surface area contributed by atoms with Crippen LogP contribution in [0.3, 0.4) is 0 Å². The van der Waals surface area contributed by atoms with E-state index in [0.29, 0.717) is 0 Å². The molecule has 0 unspecified atom stereocenters. The van der Waals surface area contributed by atoms with E-state index in [0.717, 1.165) is 32.4 Å². The van der Waals surface area contributed by atoms with Crippen molar-refractivity contribution in [2.24, 2.45) is 0 Å². The van der Waals surface area contributed by atoms with E-state index in [1.165, 1.54) is 15.9 Å². The Bertz CT molecular complexity index is 1360. The molecule has 0 aromatic heterocycles. The number of methoxy groups -OCH3 is 2. The number of hydrogen-bond acceptors (Lipinski definition) is 6. The van der Waals surface area contributed by atoms with Crippen molar-refractivity contribution in [3.8, 4) is 0 Å². The van der Waals surface area contributed by atoms with Crippen molar-refractivity contribution in [3.05, 3.63) is 120 Å². The van der Waals surface area contributed by atoms with E-state index < -0.39 is 34.2 Å². The third-order valence-electron chi connectivity index (χ3n) is 6.10. The average Bonchev–Trinajstić information content (AvgIpc) is 2.96. The quantitative estimate of drug-likeness (QED) is 0.220. The summed E-state index contributed by atoms with van der Waals surface area (Å²) in [4.78, 5) is 22.0. The molecule has 1 N–H and O–H groups in total. The molecule has 198 valence electrons. The molecule has 0 saturated heterocycles. The van der Waals surface area contributed by atoms with Crippen molar-refractivity contribution in [2.75, 3.05) is 20.9 Å². The number of hydrogen-bond donors (Lipinski definition) is 1. The molecule has 0 bridgehead atoms. The van der Waals surface area contributed by atoms with E-state index >= 15 is 0 Å². The zero-order chi connectivity index (χ0) is 27.8. The third-order valence-corrected chi connectivity index (χ3v) is 11.4. The normalized spacial score (nSPS) is 11.5. The standard InChI is InChI=1S/C19H19P.C10H10O7S/c1-20(17-11-5-2-6-12-17,18-13-7-3-8-14-18)19-15-9-4-10-16-19;1-16-9(11)6-3-7(10(12)17-2)5-8(4-6)18(13,14)15/h2-16,20H,1H3;3-5H,1-2H3,(H,13,14,15). The van der Waals surface area contributed by atoms with Gasteiger partial charge in [-0.1, -0.05) is 0 Å². The monoisotopic (exact) mass is 552 g/mol. The van der Waals surface area contributed by atoms with Crippen molar-refractivity contribution in [2.45, 2.75) is 4.90 Å². The number of carbonyl (C=O) groups is 2. The van der Waals surface area contributed by atoms with Crippen molar-refractivity contribution in [3.63, 3.8) is 0 Å². The van der Waals surface area contributed by atoms with E-state index in [4.69, 9.17) is 4.55 Å². The Morgan fingerprint density at radius 2 is 0.947 bits per heavy atom. The molecule has 4 aromatic rings. The van der Waals surface area contributed by atoms with E-state index in [1.54, 1.807) is 0 Å². The van der Waals surface area contributed by atoms with Gasteiger partial charge in [-0.2, -0.15) is 8.42 Å². The van der Waals surface area contributed by atoms with E-state index in [9.17, 15) is 18.0 Å². The second-order valence-electron chi connectivity index (χ2n) is 8.43. The van der Waals surface area contributed by atoms with E-state index in [1.807, 2.05) is 0 Å². The molecule has 0 amide bonds. The molecule has 4 rings (SSSR count). The maximum atomic E-state index is 11.3. The Morgan fingerprint density at radius 1 is 0.632 bits per heavy atom. The van der Waals surface area contributed by atoms with Gasteiger partial charge in [0.25, 0.3) is 10.1 Å². The zero-order valence-electron chi connectivity index (χ0n) is 21.2. The van der Waals surface area contributed by atoms with Crippen LogP contribution in [0.15, 0.2) is 114 Å². The summed E-state index contributed by atoms with van der Waals surface area (Å²) >= 11 is 0. The van der Waals surface area contributed by atoms with E-state index in [2.05, 4.69) is 107 Å². The summed E-state index contributed by atoms with van der Waals surface area (Å²) in [7, 11) is -4.23. The zero-order valence-corrected chi connectivity index (χ0v) is 23.0. The SMILES string of the molecule is COC(=O)c1cc(C(=O)OC)cc(S(=O)(=O)O)c1.C[PH](c1ccccc1)(c1ccccc1)c1ccccc1. The predicted octanol–water partition coefficient (Wildman–Crippen LogP) is 3.85. The molecule has 0 aliphatic carbocycles. The van der Waals surface area contributed by atoms with Gasteiger partial charge in [0.1, 0.15) is 0 Å². The van der Waals surface area contributed by atoms with Gasteiger partial charge in [-0.05, 0) is 18.2 Å². The fraction of sp³-hybridized carbons (Fsp3) is 0.103. The summed E-state index contributed by atoms with van der Waals surface area (Å²) < 4.78 is 39.7. The van der Waals surface area contributed by atoms with Gasteiger partial charge >= 0.3 is 133 Å². The van der Waals surface area contributed by atoms with Crippen molar-refractivity contribution < 1.29 is 32.0 Å². The fourth-order valence-corrected chi connectivity index (χ4v) is 8.16. The van der Waals surface area contributed by atoms with Crippen LogP contribution in [0.25, 0.3) is 0 Å². The second kappa shape index (κ2) is 12.6. The molecule has 0 fully saturated rings. The van der Waals surface area contributed by atoms with E-state index in [-0.39, 0.29) is 11.1 Å². The van der Waals surface area contributed by atoms with Crippen molar-refractivity contribution >= 4 is 45.2 Å². The van der Waals surface area contributed by atoms with Crippen LogP contribution in [0.5, 0.6) is 0 Å². The van der Waals surface area contributed by atoms with Crippen LogP contribution < -0.4 is 15.9 Å². The molecule has 0 aliphatic rings. The van der Waals surface area contributed by atoms with Crippen LogP contribution >= 0.6 is 7.26 Å². The second-order valence-corrected chi connectivity index (χ2v) is 13.8. The summed E-state index contributed by atoms with van der Waals surface area (Å²) in [5.74, 6) is -1.68. The summed E-state index contributed by atoms with van der Waals surface area (Å²) in [5, 5.41) is 4.37. The first-order chi connectivity index (χ1) is 18.1. The Hall–Kier alpha value is -3.84. The molecule has 0 atom stereocenters. The molecular weight excluding hydrogens is 523 g/mol. The van der Waals surface area contributed by atoms with Gasteiger partial charge in [0, 0.05) is 0 Å². The van der Waals surface area contributed by atoms with Crippen molar-refractivity contribution in [1.82, 2.24) is 0 Å². The number of esters is 2. The average molecular weight is 553 g/mol. The number of ether oxygens (including phenoxy) is 2. The van der Waals surface area contributed by atoms with Gasteiger partial charge in [0.15, 0.2) is 0 Å². The number of rotatable bonds is 6. The van der Waals surface area contributed by atoms with Gasteiger partial charge in [-0.3, -0.25) is 4.55 Å². The van der Waals surface area contributed by atoms with Gasteiger partial charge in [0.2, 0.25) is 0 Å². The first-order valence-electron chi connectivity index (χ1n) is 11.6. The van der Waals surface area contributed by atoms with Gasteiger partial charge < -0.3 is 9.47 Å².